The lowest BCUT2D eigenvalue weighted by molar-refractivity contribution is 1.26. The topological polar surface area (TPSA) is 12.1 Å². The Labute approximate surface area is 305 Å². The number of para-hydroxylation sites is 2. The van der Waals surface area contributed by atoms with Crippen LogP contribution in [0, 0.1) is 0 Å². The van der Waals surface area contributed by atoms with Gasteiger partial charge in [0.05, 0.1) is 27.8 Å². The molecule has 0 aliphatic rings. The maximum absolute atomic E-state index is 2.53. The molecular weight excluding hydrogens is 643 g/mol. The van der Waals surface area contributed by atoms with Crippen molar-refractivity contribution >= 4 is 93.3 Å². The third-order valence-corrected chi connectivity index (χ3v) is 11.3. The Morgan fingerprint density at radius 2 is 0.906 bits per heavy atom. The Hall–Kier alpha value is -7.10. The van der Waals surface area contributed by atoms with E-state index in [2.05, 4.69) is 202 Å². The van der Waals surface area contributed by atoms with Crippen LogP contribution < -0.4 is 4.90 Å². The van der Waals surface area contributed by atoms with E-state index in [0.717, 1.165) is 17.1 Å². The van der Waals surface area contributed by atoms with Crippen molar-refractivity contribution in [1.29, 1.82) is 0 Å². The highest BCUT2D eigenvalue weighted by atomic mass is 15.2. The molecule has 12 aromatic rings. The summed E-state index contributed by atoms with van der Waals surface area (Å²) >= 11 is 0. The molecule has 3 nitrogen and oxygen atoms in total. The Kier molecular flexibility index (Phi) is 5.77. The van der Waals surface area contributed by atoms with Gasteiger partial charge in [0.25, 0.3) is 0 Å². The number of anilines is 3. The second kappa shape index (κ2) is 10.7. The van der Waals surface area contributed by atoms with Crippen LogP contribution in [0.3, 0.4) is 0 Å². The van der Waals surface area contributed by atoms with Gasteiger partial charge in [0.1, 0.15) is 5.65 Å². The summed E-state index contributed by atoms with van der Waals surface area (Å²) in [6, 6.07) is 68.9. The van der Waals surface area contributed by atoms with Gasteiger partial charge in [0.15, 0.2) is 0 Å². The predicted molar refractivity (Wildman–Crippen MR) is 225 cm³/mol. The van der Waals surface area contributed by atoms with Crippen molar-refractivity contribution in [2.45, 2.75) is 0 Å². The normalized spacial score (nSPS) is 12.2. The minimum absolute atomic E-state index is 1.11. The lowest BCUT2D eigenvalue weighted by Gasteiger charge is -2.26. The lowest BCUT2D eigenvalue weighted by atomic mass is 9.98. The molecule has 0 spiro atoms. The second-order valence-electron chi connectivity index (χ2n) is 14.2. The zero-order chi connectivity index (χ0) is 34.6. The van der Waals surface area contributed by atoms with E-state index in [9.17, 15) is 0 Å². The minimum atomic E-state index is 1.11. The Morgan fingerprint density at radius 3 is 1.60 bits per heavy atom. The molecule has 3 heteroatoms. The van der Waals surface area contributed by atoms with E-state index in [0.29, 0.717) is 0 Å². The first-order valence-electron chi connectivity index (χ1n) is 18.3. The van der Waals surface area contributed by atoms with Gasteiger partial charge in [-0.25, -0.2) is 0 Å². The maximum Gasteiger partial charge on any atom is 0.131 e. The van der Waals surface area contributed by atoms with E-state index >= 15 is 0 Å². The zero-order valence-corrected chi connectivity index (χ0v) is 28.7. The summed E-state index contributed by atoms with van der Waals surface area (Å²) in [7, 11) is 0. The molecule has 3 heterocycles. The summed E-state index contributed by atoms with van der Waals surface area (Å²) in [5.41, 5.74) is 11.9. The summed E-state index contributed by atoms with van der Waals surface area (Å²) in [6.45, 7) is 0. The molecule has 0 radical (unpaired) electrons. The molecule has 0 amide bonds. The van der Waals surface area contributed by atoms with Crippen molar-refractivity contribution in [1.82, 2.24) is 8.80 Å². The molecule has 0 bridgehead atoms. The number of nitrogens with zero attached hydrogens (tertiary/aromatic N) is 3. The molecule has 9 aromatic carbocycles. The zero-order valence-electron chi connectivity index (χ0n) is 28.7. The van der Waals surface area contributed by atoms with Gasteiger partial charge in [-0.2, -0.15) is 0 Å². The second-order valence-corrected chi connectivity index (χ2v) is 14.2. The highest BCUT2D eigenvalue weighted by molar-refractivity contribution is 6.27. The molecule has 0 saturated carbocycles. The van der Waals surface area contributed by atoms with Crippen LogP contribution in [0.15, 0.2) is 188 Å². The molecule has 0 aliphatic heterocycles. The van der Waals surface area contributed by atoms with E-state index in [1.54, 1.807) is 0 Å². The van der Waals surface area contributed by atoms with Gasteiger partial charge < -0.3 is 4.90 Å². The van der Waals surface area contributed by atoms with Gasteiger partial charge in [-0.15, -0.1) is 0 Å². The van der Waals surface area contributed by atoms with E-state index in [1.165, 1.54) is 87.3 Å². The van der Waals surface area contributed by atoms with Gasteiger partial charge in [0.2, 0.25) is 0 Å². The van der Waals surface area contributed by atoms with Crippen LogP contribution >= 0.6 is 0 Å². The van der Waals surface area contributed by atoms with Crippen molar-refractivity contribution in [3.8, 4) is 11.1 Å². The van der Waals surface area contributed by atoms with Crippen LogP contribution in [0.4, 0.5) is 17.1 Å². The molecule has 12 rings (SSSR count). The summed E-state index contributed by atoms with van der Waals surface area (Å²) in [5, 5.41) is 11.4. The molecule has 0 unspecified atom stereocenters. The molecule has 0 atom stereocenters. The van der Waals surface area contributed by atoms with E-state index in [-0.39, 0.29) is 0 Å². The number of imidazole rings is 1. The van der Waals surface area contributed by atoms with E-state index in [4.69, 9.17) is 0 Å². The monoisotopic (exact) mass is 673 g/mol. The third-order valence-electron chi connectivity index (χ3n) is 11.3. The Morgan fingerprint density at radius 1 is 0.358 bits per heavy atom. The molecule has 0 N–H and O–H groups in total. The first-order chi connectivity index (χ1) is 26.3. The molecule has 53 heavy (non-hydrogen) atoms. The number of hydrogen-bond acceptors (Lipinski definition) is 1. The average molecular weight is 674 g/mol. The molecule has 0 aliphatic carbocycles. The summed E-state index contributed by atoms with van der Waals surface area (Å²) < 4.78 is 5.04. The van der Waals surface area contributed by atoms with E-state index in [1.807, 2.05) is 0 Å². The Balaban J connectivity index is 1.18. The lowest BCUT2D eigenvalue weighted by Crippen LogP contribution is -2.10. The van der Waals surface area contributed by atoms with Gasteiger partial charge in [-0.3, -0.25) is 8.80 Å². The number of aromatic nitrogens is 2. The number of fused-ring (bicyclic) bond motifs is 12. The summed E-state index contributed by atoms with van der Waals surface area (Å²) in [5.74, 6) is 0. The number of benzene rings is 9. The highest BCUT2D eigenvalue weighted by Crippen LogP contribution is 2.47. The summed E-state index contributed by atoms with van der Waals surface area (Å²) in [4.78, 5) is 2.43. The quantitative estimate of drug-likeness (QED) is 0.181. The van der Waals surface area contributed by atoms with Crippen molar-refractivity contribution in [2.24, 2.45) is 0 Å². The third kappa shape index (κ3) is 3.99. The molecule has 3 aromatic heterocycles. The fraction of sp³-hybridized carbons (Fsp3) is 0. The van der Waals surface area contributed by atoms with Crippen molar-refractivity contribution in [3.63, 3.8) is 0 Å². The van der Waals surface area contributed by atoms with Crippen LogP contribution in [0.25, 0.3) is 87.3 Å². The van der Waals surface area contributed by atoms with E-state index < -0.39 is 0 Å². The number of rotatable bonds is 4. The van der Waals surface area contributed by atoms with Crippen molar-refractivity contribution < 1.29 is 0 Å². The van der Waals surface area contributed by atoms with Crippen LogP contribution in [-0.2, 0) is 0 Å². The average Bonchev–Trinajstić information content (AvgIpc) is 3.84. The Bertz CT molecular complexity index is 3380. The van der Waals surface area contributed by atoms with Crippen LogP contribution in [0.2, 0.25) is 0 Å². The van der Waals surface area contributed by atoms with Crippen molar-refractivity contribution in [3.05, 3.63) is 188 Å². The first kappa shape index (κ1) is 28.6. The molecular formula is C50H31N3. The number of hydrogen-bond donors (Lipinski definition) is 0. The SMILES string of the molecule is c1ccc(N(c2ccc(-c3cccc4ccccc34)cc2)c2cccc3c2n2c4cc5ccccc5cc4c4c5cc6ccccc6cc5n3c42)cc1. The molecule has 0 saturated heterocycles. The van der Waals surface area contributed by atoms with Crippen molar-refractivity contribution in [2.75, 3.05) is 4.90 Å². The molecule has 246 valence electrons. The van der Waals surface area contributed by atoms with Crippen LogP contribution in [0.5, 0.6) is 0 Å². The van der Waals surface area contributed by atoms with Gasteiger partial charge >= 0.3 is 0 Å². The largest absolute Gasteiger partial charge is 0.308 e. The van der Waals surface area contributed by atoms with Crippen LogP contribution in [0.1, 0.15) is 0 Å². The predicted octanol–water partition coefficient (Wildman–Crippen LogP) is 13.7. The smallest absolute Gasteiger partial charge is 0.131 e. The van der Waals surface area contributed by atoms with Crippen LogP contribution in [-0.4, -0.2) is 8.80 Å². The standard InChI is InChI=1S/C50H31N3/c1-2-18-38(19-3-1)51(39-26-24-33(25-27-39)41-21-10-17-32-12-8-9-20-40(32)41)44-22-11-23-45-49(44)53-47-31-37-16-7-5-14-35(37)29-43(47)48-42-28-34-13-4-6-15-36(34)30-46(42)52(45)50(48)53/h1-31H. The summed E-state index contributed by atoms with van der Waals surface area (Å²) in [6.07, 6.45) is 0. The van der Waals surface area contributed by atoms with Gasteiger partial charge in [-0.05, 0) is 104 Å². The molecule has 0 fully saturated rings. The van der Waals surface area contributed by atoms with Gasteiger partial charge in [0, 0.05) is 27.5 Å². The first-order valence-corrected chi connectivity index (χ1v) is 18.3. The maximum atomic E-state index is 2.53. The van der Waals surface area contributed by atoms with Gasteiger partial charge in [-0.1, -0.05) is 127 Å². The fourth-order valence-electron chi connectivity index (χ4n) is 9.02. The highest BCUT2D eigenvalue weighted by Gasteiger charge is 2.27. The minimum Gasteiger partial charge on any atom is -0.308 e. The fourth-order valence-corrected chi connectivity index (χ4v) is 9.02.